The SMILES string of the molecule is CC1CCCCC12NC(=O)N(CC(=O)OCC(=O)NCCC#N)C2=O. The summed E-state index contributed by atoms with van der Waals surface area (Å²) in [7, 11) is 0. The molecule has 1 heterocycles. The Labute approximate surface area is 145 Å². The van der Waals surface area contributed by atoms with Crippen molar-refractivity contribution < 1.29 is 23.9 Å². The van der Waals surface area contributed by atoms with Gasteiger partial charge in [-0.1, -0.05) is 19.8 Å². The fraction of sp³-hybridized carbons (Fsp3) is 0.688. The quantitative estimate of drug-likeness (QED) is 0.396. The predicted octanol–water partition coefficient (Wildman–Crippen LogP) is 0.0602. The number of ether oxygens (including phenoxy) is 1. The van der Waals surface area contributed by atoms with Crippen molar-refractivity contribution in [2.24, 2.45) is 5.92 Å². The first-order chi connectivity index (χ1) is 11.9. The maximum atomic E-state index is 12.7. The van der Waals surface area contributed by atoms with Crippen molar-refractivity contribution in [3.8, 4) is 6.07 Å². The van der Waals surface area contributed by atoms with Gasteiger partial charge in [-0.15, -0.1) is 0 Å². The van der Waals surface area contributed by atoms with Crippen molar-refractivity contribution in [2.75, 3.05) is 19.7 Å². The molecule has 4 amide bonds. The Morgan fingerprint density at radius 2 is 2.20 bits per heavy atom. The monoisotopic (exact) mass is 350 g/mol. The fourth-order valence-corrected chi connectivity index (χ4v) is 3.27. The van der Waals surface area contributed by atoms with Crippen LogP contribution in [-0.4, -0.2) is 54.0 Å². The lowest BCUT2D eigenvalue weighted by Gasteiger charge is -2.36. The number of nitrogens with zero attached hydrogens (tertiary/aromatic N) is 2. The molecule has 1 aliphatic carbocycles. The number of urea groups is 1. The summed E-state index contributed by atoms with van der Waals surface area (Å²) in [6, 6.07) is 1.26. The lowest BCUT2D eigenvalue weighted by Crippen LogP contribution is -2.54. The number of esters is 1. The summed E-state index contributed by atoms with van der Waals surface area (Å²) >= 11 is 0. The molecule has 0 radical (unpaired) electrons. The number of imide groups is 1. The number of hydrogen-bond donors (Lipinski definition) is 2. The van der Waals surface area contributed by atoms with E-state index in [0.29, 0.717) is 6.42 Å². The Hall–Kier alpha value is -2.63. The predicted molar refractivity (Wildman–Crippen MR) is 84.8 cm³/mol. The smallest absolute Gasteiger partial charge is 0.326 e. The average Bonchev–Trinajstić information content (AvgIpc) is 2.81. The molecule has 1 saturated carbocycles. The molecule has 0 aromatic heterocycles. The number of nitriles is 1. The van der Waals surface area contributed by atoms with E-state index in [0.717, 1.165) is 24.2 Å². The van der Waals surface area contributed by atoms with E-state index in [1.807, 2.05) is 13.0 Å². The van der Waals surface area contributed by atoms with Gasteiger partial charge >= 0.3 is 12.0 Å². The zero-order valence-electron chi connectivity index (χ0n) is 14.2. The van der Waals surface area contributed by atoms with Crippen LogP contribution in [0, 0.1) is 17.2 Å². The molecule has 1 spiro atoms. The van der Waals surface area contributed by atoms with E-state index in [4.69, 9.17) is 10.00 Å². The van der Waals surface area contributed by atoms with Gasteiger partial charge in [0.15, 0.2) is 6.61 Å². The standard InChI is InChI=1S/C16H22N4O5/c1-11-5-2-3-6-16(11)14(23)20(15(24)19-16)9-13(22)25-10-12(21)18-8-4-7-17/h11H,2-6,8-10H2,1H3,(H,18,21)(H,19,24). The van der Waals surface area contributed by atoms with E-state index in [9.17, 15) is 19.2 Å². The molecule has 0 bridgehead atoms. The van der Waals surface area contributed by atoms with Gasteiger partial charge in [-0.05, 0) is 18.8 Å². The molecule has 9 nitrogen and oxygen atoms in total. The summed E-state index contributed by atoms with van der Waals surface area (Å²) in [5.74, 6) is -1.78. The molecule has 0 aromatic rings. The zero-order chi connectivity index (χ0) is 18.4. The van der Waals surface area contributed by atoms with Gasteiger partial charge in [-0.25, -0.2) is 4.79 Å². The highest BCUT2D eigenvalue weighted by atomic mass is 16.5. The fourth-order valence-electron chi connectivity index (χ4n) is 3.27. The summed E-state index contributed by atoms with van der Waals surface area (Å²) in [6.07, 6.45) is 3.41. The molecule has 9 heteroatoms. The van der Waals surface area contributed by atoms with Crippen LogP contribution >= 0.6 is 0 Å². The molecule has 2 atom stereocenters. The minimum absolute atomic E-state index is 0.00429. The molecule has 25 heavy (non-hydrogen) atoms. The second kappa shape index (κ2) is 7.96. The van der Waals surface area contributed by atoms with Crippen molar-refractivity contribution in [3.63, 3.8) is 0 Å². The second-order valence-electron chi connectivity index (χ2n) is 6.36. The molecule has 2 rings (SSSR count). The Morgan fingerprint density at radius 1 is 1.44 bits per heavy atom. The number of rotatable bonds is 6. The highest BCUT2D eigenvalue weighted by molar-refractivity contribution is 6.09. The van der Waals surface area contributed by atoms with Gasteiger partial charge in [-0.3, -0.25) is 19.3 Å². The minimum Gasteiger partial charge on any atom is -0.454 e. The van der Waals surface area contributed by atoms with Gasteiger partial charge in [0, 0.05) is 6.54 Å². The third-order valence-electron chi connectivity index (χ3n) is 4.71. The molecule has 1 aliphatic heterocycles. The van der Waals surface area contributed by atoms with Gasteiger partial charge < -0.3 is 15.4 Å². The van der Waals surface area contributed by atoms with Crippen LogP contribution in [0.4, 0.5) is 4.79 Å². The normalized spacial score (nSPS) is 25.4. The molecule has 2 unspecified atom stereocenters. The number of carbonyl (C=O) groups excluding carboxylic acids is 4. The first-order valence-corrected chi connectivity index (χ1v) is 8.34. The van der Waals surface area contributed by atoms with E-state index in [-0.39, 0.29) is 18.9 Å². The van der Waals surface area contributed by atoms with Gasteiger partial charge in [0.1, 0.15) is 12.1 Å². The van der Waals surface area contributed by atoms with E-state index in [1.165, 1.54) is 0 Å². The van der Waals surface area contributed by atoms with Crippen LogP contribution < -0.4 is 10.6 Å². The molecule has 2 N–H and O–H groups in total. The van der Waals surface area contributed by atoms with Crippen LogP contribution in [0.15, 0.2) is 0 Å². The molecular formula is C16H22N4O5. The second-order valence-corrected chi connectivity index (χ2v) is 6.36. The van der Waals surface area contributed by atoms with E-state index in [1.54, 1.807) is 0 Å². The van der Waals surface area contributed by atoms with E-state index in [2.05, 4.69) is 10.6 Å². The molecule has 2 aliphatic rings. The van der Waals surface area contributed by atoms with Gasteiger partial charge in [0.2, 0.25) is 0 Å². The summed E-state index contributed by atoms with van der Waals surface area (Å²) in [6.45, 7) is 1.05. The molecular weight excluding hydrogens is 328 g/mol. The van der Waals surface area contributed by atoms with Crippen LogP contribution in [0.3, 0.4) is 0 Å². The van der Waals surface area contributed by atoms with Crippen molar-refractivity contribution >= 4 is 23.8 Å². The highest BCUT2D eigenvalue weighted by Gasteiger charge is 2.55. The van der Waals surface area contributed by atoms with Crippen molar-refractivity contribution in [2.45, 2.75) is 44.6 Å². The largest absolute Gasteiger partial charge is 0.454 e. The Balaban J connectivity index is 1.86. The van der Waals surface area contributed by atoms with Crippen molar-refractivity contribution in [1.29, 1.82) is 5.26 Å². The zero-order valence-corrected chi connectivity index (χ0v) is 14.2. The third kappa shape index (κ3) is 4.07. The van der Waals surface area contributed by atoms with Crippen LogP contribution in [-0.2, 0) is 19.1 Å². The number of hydrogen-bond acceptors (Lipinski definition) is 6. The Kier molecular flexibility index (Phi) is 5.96. The van der Waals surface area contributed by atoms with Crippen molar-refractivity contribution in [1.82, 2.24) is 15.5 Å². The topological polar surface area (TPSA) is 129 Å². The molecule has 136 valence electrons. The first kappa shape index (κ1) is 18.7. The summed E-state index contributed by atoms with van der Waals surface area (Å²) < 4.78 is 4.79. The number of nitrogens with one attached hydrogen (secondary N) is 2. The lowest BCUT2D eigenvalue weighted by atomic mass is 9.73. The first-order valence-electron chi connectivity index (χ1n) is 8.34. The van der Waals surface area contributed by atoms with Gasteiger partial charge in [0.25, 0.3) is 11.8 Å². The van der Waals surface area contributed by atoms with Crippen LogP contribution in [0.5, 0.6) is 0 Å². The maximum absolute atomic E-state index is 12.7. The third-order valence-corrected chi connectivity index (χ3v) is 4.71. The molecule has 2 fully saturated rings. The van der Waals surface area contributed by atoms with E-state index >= 15 is 0 Å². The summed E-state index contributed by atoms with van der Waals surface area (Å²) in [5.41, 5.74) is -0.926. The Bertz CT molecular complexity index is 614. The number of carbonyl (C=O) groups is 4. The van der Waals surface area contributed by atoms with Crippen LogP contribution in [0.1, 0.15) is 39.0 Å². The highest BCUT2D eigenvalue weighted by Crippen LogP contribution is 2.38. The van der Waals surface area contributed by atoms with Crippen LogP contribution in [0.2, 0.25) is 0 Å². The molecule has 1 saturated heterocycles. The Morgan fingerprint density at radius 3 is 2.88 bits per heavy atom. The lowest BCUT2D eigenvalue weighted by molar-refractivity contribution is -0.151. The summed E-state index contributed by atoms with van der Waals surface area (Å²) in [5, 5.41) is 13.5. The van der Waals surface area contributed by atoms with Crippen LogP contribution in [0.25, 0.3) is 0 Å². The maximum Gasteiger partial charge on any atom is 0.326 e. The van der Waals surface area contributed by atoms with Gasteiger partial charge in [0.05, 0.1) is 12.5 Å². The van der Waals surface area contributed by atoms with E-state index < -0.39 is 42.5 Å². The average molecular weight is 350 g/mol. The number of amides is 4. The van der Waals surface area contributed by atoms with Gasteiger partial charge in [-0.2, -0.15) is 5.26 Å². The molecule has 0 aromatic carbocycles. The minimum atomic E-state index is -0.926. The summed E-state index contributed by atoms with van der Waals surface area (Å²) in [4.78, 5) is 48.9. The van der Waals surface area contributed by atoms with Crippen molar-refractivity contribution in [3.05, 3.63) is 0 Å².